The molecule has 108 valence electrons. The molecule has 0 aliphatic carbocycles. The molecule has 7 heteroatoms. The summed E-state index contributed by atoms with van der Waals surface area (Å²) in [5.74, 6) is -0.0356. The lowest BCUT2D eigenvalue weighted by atomic mass is 9.92. The highest BCUT2D eigenvalue weighted by atomic mass is 35.5. The van der Waals surface area contributed by atoms with Gasteiger partial charge in [-0.15, -0.1) is 11.3 Å². The van der Waals surface area contributed by atoms with Crippen LogP contribution in [0.25, 0.3) is 0 Å². The fourth-order valence-electron chi connectivity index (χ4n) is 2.86. The van der Waals surface area contributed by atoms with Crippen LogP contribution in [0.3, 0.4) is 0 Å². The van der Waals surface area contributed by atoms with Gasteiger partial charge in [0.05, 0.1) is 22.3 Å². The topological polar surface area (TPSA) is 49.9 Å². The van der Waals surface area contributed by atoms with E-state index >= 15 is 0 Å². The largest absolute Gasteiger partial charge is 0.439 e. The predicted molar refractivity (Wildman–Crippen MR) is 76.3 cm³/mol. The van der Waals surface area contributed by atoms with Gasteiger partial charge in [0.1, 0.15) is 5.60 Å². The third-order valence-corrected chi connectivity index (χ3v) is 4.97. The molecule has 3 heterocycles. The van der Waals surface area contributed by atoms with Crippen molar-refractivity contribution in [2.45, 2.75) is 18.4 Å². The van der Waals surface area contributed by atoms with Crippen LogP contribution < -0.4 is 0 Å². The lowest BCUT2D eigenvalue weighted by Crippen LogP contribution is -2.52. The van der Waals surface area contributed by atoms with E-state index < -0.39 is 5.60 Å². The number of halogens is 1. The number of hydrogen-bond acceptors (Lipinski definition) is 4. The number of piperidine rings is 1. The number of thiophene rings is 1. The van der Waals surface area contributed by atoms with Crippen molar-refractivity contribution in [1.29, 1.82) is 0 Å². The Hall–Kier alpha value is -1.27. The van der Waals surface area contributed by atoms with Gasteiger partial charge in [-0.25, -0.2) is 4.79 Å². The molecular weight excluding hydrogens is 300 g/mol. The Balaban J connectivity index is 1.76. The van der Waals surface area contributed by atoms with Crippen LogP contribution >= 0.6 is 22.9 Å². The number of ether oxygens (including phenoxy) is 1. The average molecular weight is 315 g/mol. The quantitative estimate of drug-likeness (QED) is 0.800. The van der Waals surface area contributed by atoms with Crippen LogP contribution in [-0.4, -0.2) is 54.1 Å². The predicted octanol–water partition coefficient (Wildman–Crippen LogP) is 2.46. The zero-order valence-electron chi connectivity index (χ0n) is 11.1. The monoisotopic (exact) mass is 314 g/mol. The minimum absolute atomic E-state index is 0.0356. The summed E-state index contributed by atoms with van der Waals surface area (Å²) in [7, 11) is 1.72. The Morgan fingerprint density at radius 1 is 1.45 bits per heavy atom. The highest BCUT2D eigenvalue weighted by Gasteiger charge is 2.47. The molecule has 3 rings (SSSR count). The highest BCUT2D eigenvalue weighted by Crippen LogP contribution is 2.32. The average Bonchev–Trinajstić information content (AvgIpc) is 2.94. The number of likely N-dealkylation sites (N-methyl/N-ethyl adjacent to an activating group) is 1. The molecule has 2 aliphatic rings. The summed E-state index contributed by atoms with van der Waals surface area (Å²) in [5.41, 5.74) is -0.541. The maximum atomic E-state index is 12.4. The van der Waals surface area contributed by atoms with Gasteiger partial charge < -0.3 is 14.5 Å². The van der Waals surface area contributed by atoms with Crippen molar-refractivity contribution < 1.29 is 14.3 Å². The van der Waals surface area contributed by atoms with Crippen LogP contribution in [-0.2, 0) is 4.74 Å². The molecule has 1 atom stereocenters. The minimum atomic E-state index is -0.541. The van der Waals surface area contributed by atoms with Crippen molar-refractivity contribution in [2.75, 3.05) is 26.7 Å². The zero-order valence-corrected chi connectivity index (χ0v) is 12.7. The molecule has 2 saturated heterocycles. The van der Waals surface area contributed by atoms with Gasteiger partial charge in [0.25, 0.3) is 5.91 Å². The van der Waals surface area contributed by atoms with Crippen molar-refractivity contribution in [3.8, 4) is 0 Å². The Kier molecular flexibility index (Phi) is 3.38. The first-order chi connectivity index (χ1) is 9.49. The van der Waals surface area contributed by atoms with Gasteiger partial charge in [0.2, 0.25) is 0 Å². The number of hydrogen-bond donors (Lipinski definition) is 0. The number of carbonyl (C=O) groups excluding carboxylic acids is 2. The molecule has 0 radical (unpaired) electrons. The van der Waals surface area contributed by atoms with E-state index in [1.54, 1.807) is 29.0 Å². The number of nitrogens with zero attached hydrogens (tertiary/aromatic N) is 2. The molecule has 0 aromatic carbocycles. The summed E-state index contributed by atoms with van der Waals surface area (Å²) in [4.78, 5) is 28.0. The second-order valence-electron chi connectivity index (χ2n) is 5.34. The van der Waals surface area contributed by atoms with Crippen molar-refractivity contribution in [3.63, 3.8) is 0 Å². The first kappa shape index (κ1) is 13.7. The second-order valence-corrected chi connectivity index (χ2v) is 7.06. The lowest BCUT2D eigenvalue weighted by Gasteiger charge is -2.38. The van der Waals surface area contributed by atoms with Crippen LogP contribution in [0, 0.1) is 0 Å². The third-order valence-electron chi connectivity index (χ3n) is 3.75. The summed E-state index contributed by atoms with van der Waals surface area (Å²) in [5, 5.41) is 0. The maximum absolute atomic E-state index is 12.4. The summed E-state index contributed by atoms with van der Waals surface area (Å²) < 4.78 is 6.10. The number of likely N-dealkylation sites (tertiary alicyclic amines) is 1. The van der Waals surface area contributed by atoms with Crippen molar-refractivity contribution >= 4 is 34.9 Å². The van der Waals surface area contributed by atoms with Gasteiger partial charge in [0.15, 0.2) is 0 Å². The van der Waals surface area contributed by atoms with E-state index in [2.05, 4.69) is 0 Å². The molecule has 1 aromatic heterocycles. The van der Waals surface area contributed by atoms with Crippen molar-refractivity contribution in [3.05, 3.63) is 21.3 Å². The Morgan fingerprint density at radius 2 is 2.25 bits per heavy atom. The molecule has 2 aliphatic heterocycles. The van der Waals surface area contributed by atoms with Crippen LogP contribution in [0.5, 0.6) is 0 Å². The smallest absolute Gasteiger partial charge is 0.410 e. The first-order valence-corrected chi connectivity index (χ1v) is 7.67. The minimum Gasteiger partial charge on any atom is -0.439 e. The highest BCUT2D eigenvalue weighted by molar-refractivity contribution is 7.17. The molecule has 0 N–H and O–H groups in total. The van der Waals surface area contributed by atoms with E-state index in [1.807, 2.05) is 0 Å². The summed E-state index contributed by atoms with van der Waals surface area (Å²) in [6.45, 7) is 1.69. The van der Waals surface area contributed by atoms with Crippen LogP contribution in [0.2, 0.25) is 4.34 Å². The van der Waals surface area contributed by atoms with E-state index in [1.165, 1.54) is 11.3 Å². The number of rotatable bonds is 1. The molecule has 0 bridgehead atoms. The Labute approximate surface area is 126 Å². The first-order valence-electron chi connectivity index (χ1n) is 6.48. The lowest BCUT2D eigenvalue weighted by molar-refractivity contribution is -0.00504. The molecular formula is C13H15ClN2O3S. The molecule has 0 unspecified atom stereocenters. The molecule has 2 amide bonds. The summed E-state index contributed by atoms with van der Waals surface area (Å²) in [6.07, 6.45) is 1.34. The Bertz CT molecular complexity index is 562. The van der Waals surface area contributed by atoms with Gasteiger partial charge in [-0.3, -0.25) is 4.79 Å². The van der Waals surface area contributed by atoms with E-state index in [-0.39, 0.29) is 12.0 Å². The zero-order chi connectivity index (χ0) is 14.3. The van der Waals surface area contributed by atoms with Gasteiger partial charge in [0, 0.05) is 13.6 Å². The standard InChI is InChI=1S/C13H15ClN2O3S/c1-15-7-13(19-12(15)18)5-2-6-16(8-13)11(17)9-3-4-10(14)20-9/h3-4H,2,5-8H2,1H3/t13-/m0/s1. The van der Waals surface area contributed by atoms with Crippen LogP contribution in [0.4, 0.5) is 4.79 Å². The maximum Gasteiger partial charge on any atom is 0.410 e. The second kappa shape index (κ2) is 4.93. The van der Waals surface area contributed by atoms with Crippen molar-refractivity contribution in [2.24, 2.45) is 0 Å². The van der Waals surface area contributed by atoms with Gasteiger partial charge in [-0.1, -0.05) is 11.6 Å². The molecule has 2 fully saturated rings. The van der Waals surface area contributed by atoms with E-state index in [0.29, 0.717) is 28.8 Å². The van der Waals surface area contributed by atoms with E-state index in [9.17, 15) is 9.59 Å². The normalized spacial score (nSPS) is 26.2. The SMILES string of the molecule is CN1C[C@]2(CCCN(C(=O)c3ccc(Cl)s3)C2)OC1=O. The fraction of sp³-hybridized carbons (Fsp3) is 0.538. The molecule has 1 aromatic rings. The Morgan fingerprint density at radius 3 is 2.85 bits per heavy atom. The van der Waals surface area contributed by atoms with E-state index in [0.717, 1.165) is 12.8 Å². The summed E-state index contributed by atoms with van der Waals surface area (Å²) >= 11 is 7.15. The van der Waals surface area contributed by atoms with Crippen molar-refractivity contribution in [1.82, 2.24) is 9.80 Å². The molecule has 1 spiro atoms. The number of carbonyl (C=O) groups is 2. The van der Waals surface area contributed by atoms with Crippen LogP contribution in [0.15, 0.2) is 12.1 Å². The summed E-state index contributed by atoms with van der Waals surface area (Å²) in [6, 6.07) is 3.46. The molecule has 0 saturated carbocycles. The van der Waals surface area contributed by atoms with Gasteiger partial charge in [-0.2, -0.15) is 0 Å². The molecule has 5 nitrogen and oxygen atoms in total. The molecule has 20 heavy (non-hydrogen) atoms. The van der Waals surface area contributed by atoms with E-state index in [4.69, 9.17) is 16.3 Å². The van der Waals surface area contributed by atoms with Gasteiger partial charge >= 0.3 is 6.09 Å². The number of amides is 2. The van der Waals surface area contributed by atoms with Gasteiger partial charge in [-0.05, 0) is 25.0 Å². The van der Waals surface area contributed by atoms with Crippen LogP contribution in [0.1, 0.15) is 22.5 Å². The fourth-order valence-corrected chi connectivity index (χ4v) is 3.87. The third kappa shape index (κ3) is 2.38.